The third kappa shape index (κ3) is 2.52. The van der Waals surface area contributed by atoms with Crippen LogP contribution in [0.15, 0.2) is 48.7 Å². The molecule has 1 aromatic carbocycles. The zero-order valence-corrected chi connectivity index (χ0v) is 9.37. The molecule has 0 aliphatic carbocycles. The lowest BCUT2D eigenvalue weighted by atomic mass is 10.2. The molecule has 0 saturated heterocycles. The van der Waals surface area contributed by atoms with Gasteiger partial charge in [0.05, 0.1) is 5.56 Å². The molecule has 1 heterocycles. The fourth-order valence-corrected chi connectivity index (χ4v) is 1.36. The maximum atomic E-state index is 11.7. The minimum absolute atomic E-state index is 0.0698. The zero-order chi connectivity index (χ0) is 13.0. The highest BCUT2D eigenvalue weighted by Crippen LogP contribution is 2.12. The van der Waals surface area contributed by atoms with E-state index in [0.717, 1.165) is 0 Å². The van der Waals surface area contributed by atoms with E-state index in [0.29, 0.717) is 0 Å². The van der Waals surface area contributed by atoms with Crippen molar-refractivity contribution in [3.05, 3.63) is 59.9 Å². The SMILES string of the molecule is Nc1ccccc1C(=O)OC(=O)c1ccccn1. The van der Waals surface area contributed by atoms with Crippen LogP contribution in [-0.2, 0) is 4.74 Å². The number of nitrogens with two attached hydrogens (primary N) is 1. The minimum atomic E-state index is -0.802. The number of rotatable bonds is 2. The van der Waals surface area contributed by atoms with E-state index >= 15 is 0 Å². The van der Waals surface area contributed by atoms with E-state index in [1.165, 1.54) is 18.3 Å². The molecule has 18 heavy (non-hydrogen) atoms. The van der Waals surface area contributed by atoms with Gasteiger partial charge in [0, 0.05) is 11.9 Å². The molecule has 0 radical (unpaired) electrons. The Bertz CT molecular complexity index is 582. The molecule has 0 fully saturated rings. The van der Waals surface area contributed by atoms with E-state index in [1.807, 2.05) is 0 Å². The Kier molecular flexibility index (Phi) is 3.33. The maximum Gasteiger partial charge on any atom is 0.364 e. The van der Waals surface area contributed by atoms with Gasteiger partial charge in [-0.1, -0.05) is 18.2 Å². The van der Waals surface area contributed by atoms with E-state index in [9.17, 15) is 9.59 Å². The third-order valence-corrected chi connectivity index (χ3v) is 2.24. The van der Waals surface area contributed by atoms with E-state index in [1.54, 1.807) is 30.3 Å². The first-order valence-corrected chi connectivity index (χ1v) is 5.20. The van der Waals surface area contributed by atoms with Gasteiger partial charge in [0.1, 0.15) is 5.69 Å². The number of anilines is 1. The first-order valence-electron chi connectivity index (χ1n) is 5.20. The molecule has 5 nitrogen and oxygen atoms in total. The second-order valence-corrected chi connectivity index (χ2v) is 3.48. The fraction of sp³-hybridized carbons (Fsp3) is 0. The van der Waals surface area contributed by atoms with Crippen molar-refractivity contribution in [2.75, 3.05) is 5.73 Å². The Hall–Kier alpha value is -2.69. The topological polar surface area (TPSA) is 82.3 Å². The lowest BCUT2D eigenvalue weighted by molar-refractivity contribution is 0.0394. The molecular formula is C13H10N2O3. The first-order chi connectivity index (χ1) is 8.68. The number of benzene rings is 1. The van der Waals surface area contributed by atoms with E-state index < -0.39 is 11.9 Å². The summed E-state index contributed by atoms with van der Waals surface area (Å²) in [7, 11) is 0. The number of hydrogen-bond donors (Lipinski definition) is 1. The summed E-state index contributed by atoms with van der Waals surface area (Å²) in [4.78, 5) is 27.1. The van der Waals surface area contributed by atoms with E-state index in [2.05, 4.69) is 9.72 Å². The van der Waals surface area contributed by atoms with E-state index in [-0.39, 0.29) is 16.9 Å². The summed E-state index contributed by atoms with van der Waals surface area (Å²) < 4.78 is 4.68. The molecule has 0 aliphatic rings. The van der Waals surface area contributed by atoms with Gasteiger partial charge in [-0.25, -0.2) is 14.6 Å². The van der Waals surface area contributed by atoms with Crippen LogP contribution in [-0.4, -0.2) is 16.9 Å². The molecule has 0 amide bonds. The van der Waals surface area contributed by atoms with Crippen LogP contribution in [0.3, 0.4) is 0 Å². The van der Waals surface area contributed by atoms with Gasteiger partial charge in [-0.2, -0.15) is 0 Å². The van der Waals surface area contributed by atoms with Crippen LogP contribution in [0, 0.1) is 0 Å². The van der Waals surface area contributed by atoms with Crippen molar-refractivity contribution in [1.29, 1.82) is 0 Å². The van der Waals surface area contributed by atoms with Crippen LogP contribution >= 0.6 is 0 Å². The van der Waals surface area contributed by atoms with Crippen molar-refractivity contribution in [1.82, 2.24) is 4.98 Å². The van der Waals surface area contributed by atoms with Gasteiger partial charge in [-0.15, -0.1) is 0 Å². The molecule has 2 N–H and O–H groups in total. The molecule has 90 valence electrons. The lowest BCUT2D eigenvalue weighted by Crippen LogP contribution is -2.15. The Labute approximate surface area is 103 Å². The molecule has 0 atom stereocenters. The molecule has 1 aromatic heterocycles. The largest absolute Gasteiger partial charge is 0.398 e. The van der Waals surface area contributed by atoms with Gasteiger partial charge >= 0.3 is 11.9 Å². The van der Waals surface area contributed by atoms with Gasteiger partial charge in [0.2, 0.25) is 0 Å². The van der Waals surface area contributed by atoms with Crippen molar-refractivity contribution in [3.8, 4) is 0 Å². The predicted octanol–water partition coefficient (Wildman–Crippen LogP) is 1.66. The summed E-state index contributed by atoms with van der Waals surface area (Å²) in [5, 5.41) is 0. The highest BCUT2D eigenvalue weighted by atomic mass is 16.6. The van der Waals surface area contributed by atoms with Crippen molar-refractivity contribution in [2.24, 2.45) is 0 Å². The van der Waals surface area contributed by atoms with Crippen LogP contribution < -0.4 is 5.73 Å². The Balaban J connectivity index is 2.14. The molecule has 2 aromatic rings. The van der Waals surface area contributed by atoms with Gasteiger partial charge < -0.3 is 10.5 Å². The second-order valence-electron chi connectivity index (χ2n) is 3.48. The van der Waals surface area contributed by atoms with Crippen LogP contribution in [0.25, 0.3) is 0 Å². The number of para-hydroxylation sites is 1. The Morgan fingerprint density at radius 1 is 1.00 bits per heavy atom. The number of esters is 2. The van der Waals surface area contributed by atoms with Crippen LogP contribution in [0.5, 0.6) is 0 Å². The minimum Gasteiger partial charge on any atom is -0.398 e. The maximum absolute atomic E-state index is 11.7. The number of hydrogen-bond acceptors (Lipinski definition) is 5. The zero-order valence-electron chi connectivity index (χ0n) is 9.37. The van der Waals surface area contributed by atoms with Crippen molar-refractivity contribution in [3.63, 3.8) is 0 Å². The summed E-state index contributed by atoms with van der Waals surface area (Å²) in [6.07, 6.45) is 1.44. The molecule has 0 aliphatic heterocycles. The molecule has 5 heteroatoms. The van der Waals surface area contributed by atoms with Crippen LogP contribution in [0.2, 0.25) is 0 Å². The monoisotopic (exact) mass is 242 g/mol. The van der Waals surface area contributed by atoms with E-state index in [4.69, 9.17) is 5.73 Å². The van der Waals surface area contributed by atoms with Gasteiger partial charge in [0.15, 0.2) is 0 Å². The molecule has 0 bridgehead atoms. The Morgan fingerprint density at radius 2 is 1.72 bits per heavy atom. The average Bonchev–Trinajstić information content (AvgIpc) is 2.40. The predicted molar refractivity (Wildman–Crippen MR) is 64.8 cm³/mol. The lowest BCUT2D eigenvalue weighted by Gasteiger charge is -2.04. The second kappa shape index (κ2) is 5.09. The van der Waals surface area contributed by atoms with Gasteiger partial charge in [-0.05, 0) is 24.3 Å². The summed E-state index contributed by atoms with van der Waals surface area (Å²) in [5.74, 6) is -1.59. The molecule has 2 rings (SSSR count). The number of ether oxygens (including phenoxy) is 1. The smallest absolute Gasteiger partial charge is 0.364 e. The van der Waals surface area contributed by atoms with Crippen LogP contribution in [0.4, 0.5) is 5.69 Å². The summed E-state index contributed by atoms with van der Waals surface area (Å²) in [6.45, 7) is 0. The van der Waals surface area contributed by atoms with Crippen LogP contribution in [0.1, 0.15) is 20.8 Å². The van der Waals surface area contributed by atoms with Gasteiger partial charge in [-0.3, -0.25) is 0 Å². The summed E-state index contributed by atoms with van der Waals surface area (Å²) in [5.41, 5.74) is 6.09. The van der Waals surface area contributed by atoms with Crippen molar-refractivity contribution >= 4 is 17.6 Å². The highest BCUT2D eigenvalue weighted by molar-refractivity contribution is 6.04. The first kappa shape index (κ1) is 11.8. The summed E-state index contributed by atoms with van der Waals surface area (Å²) in [6, 6.07) is 11.1. The number of nitrogens with zero attached hydrogens (tertiary/aromatic N) is 1. The average molecular weight is 242 g/mol. The third-order valence-electron chi connectivity index (χ3n) is 2.24. The standard InChI is InChI=1S/C13H10N2O3/c14-10-6-2-1-5-9(10)12(16)18-13(17)11-7-3-4-8-15-11/h1-8H,14H2. The normalized spacial score (nSPS) is 9.78. The highest BCUT2D eigenvalue weighted by Gasteiger charge is 2.17. The number of nitrogen functional groups attached to an aromatic ring is 1. The van der Waals surface area contributed by atoms with Crippen molar-refractivity contribution in [2.45, 2.75) is 0 Å². The molecule has 0 spiro atoms. The number of pyridine rings is 1. The molecule has 0 saturated carbocycles. The van der Waals surface area contributed by atoms with Crippen molar-refractivity contribution < 1.29 is 14.3 Å². The number of aromatic nitrogens is 1. The quantitative estimate of drug-likeness (QED) is 0.492. The summed E-state index contributed by atoms with van der Waals surface area (Å²) >= 11 is 0. The molecular weight excluding hydrogens is 232 g/mol. The van der Waals surface area contributed by atoms with Gasteiger partial charge in [0.25, 0.3) is 0 Å². The fourth-order valence-electron chi connectivity index (χ4n) is 1.36. The number of carbonyl (C=O) groups excluding carboxylic acids is 2. The number of carbonyl (C=O) groups is 2. The Morgan fingerprint density at radius 3 is 2.39 bits per heavy atom. The molecule has 0 unspecified atom stereocenters.